The molecule has 2 aliphatic carbocycles. The number of nitrogens with zero attached hydrogens (tertiary/aromatic N) is 2. The zero-order valence-electron chi connectivity index (χ0n) is 15.2. The summed E-state index contributed by atoms with van der Waals surface area (Å²) in [6.07, 6.45) is 3.90. The molecule has 1 amide bonds. The van der Waals surface area contributed by atoms with E-state index in [4.69, 9.17) is 5.11 Å². The molecule has 0 bridgehead atoms. The third-order valence-electron chi connectivity index (χ3n) is 5.20. The Morgan fingerprint density at radius 3 is 2.59 bits per heavy atom. The summed E-state index contributed by atoms with van der Waals surface area (Å²) in [5.74, 6) is -0.589. The highest BCUT2D eigenvalue weighted by Crippen LogP contribution is 2.35. The van der Waals surface area contributed by atoms with Gasteiger partial charge in [0, 0.05) is 43.5 Å². The van der Waals surface area contributed by atoms with Gasteiger partial charge in [-0.1, -0.05) is 0 Å². The molecule has 0 saturated heterocycles. The van der Waals surface area contributed by atoms with Gasteiger partial charge in [-0.15, -0.1) is 0 Å². The molecule has 9 nitrogen and oxygen atoms in total. The van der Waals surface area contributed by atoms with Gasteiger partial charge in [-0.3, -0.25) is 24.6 Å². The number of benzene rings is 1. The van der Waals surface area contributed by atoms with Gasteiger partial charge in [0.25, 0.3) is 11.6 Å². The van der Waals surface area contributed by atoms with E-state index in [0.29, 0.717) is 11.6 Å². The van der Waals surface area contributed by atoms with E-state index in [-0.39, 0.29) is 29.9 Å². The molecule has 1 aromatic rings. The number of carbonyl (C=O) groups excluding carboxylic acids is 1. The topological polar surface area (TPSA) is 125 Å². The number of anilines is 1. The molecule has 2 fully saturated rings. The van der Waals surface area contributed by atoms with E-state index in [1.165, 1.54) is 32.0 Å². The molecule has 27 heavy (non-hydrogen) atoms. The minimum absolute atomic E-state index is 0.0505. The normalized spacial score (nSPS) is 21.4. The van der Waals surface area contributed by atoms with Crippen LogP contribution in [0.5, 0.6) is 0 Å². The first-order chi connectivity index (χ1) is 12.9. The number of nitro groups is 1. The highest BCUT2D eigenvalue weighted by Gasteiger charge is 2.37. The average molecular weight is 376 g/mol. The van der Waals surface area contributed by atoms with Crippen LogP contribution in [0.15, 0.2) is 18.2 Å². The van der Waals surface area contributed by atoms with E-state index in [1.807, 2.05) is 4.90 Å². The van der Waals surface area contributed by atoms with Crippen molar-refractivity contribution in [3.63, 3.8) is 0 Å². The third-order valence-corrected chi connectivity index (χ3v) is 5.20. The standard InChI is InChI=1S/C18H24N4O5/c1-19-18(25)15-8-13(22(26)27)4-5-16(15)20-12-6-14(7-12)21(10-17(23)24)9-11-2-3-11/h4-5,8,11-12,14,20H,2-3,6-7,9-10H2,1H3,(H,19,25)(H,23,24). The molecule has 3 rings (SSSR count). The molecule has 0 aromatic heterocycles. The first kappa shape index (κ1) is 19.1. The fourth-order valence-corrected chi connectivity index (χ4v) is 3.47. The van der Waals surface area contributed by atoms with Gasteiger partial charge in [-0.2, -0.15) is 0 Å². The Labute approximate surface area is 156 Å². The SMILES string of the molecule is CNC(=O)c1cc([N+](=O)[O-])ccc1NC1CC(N(CC(=O)O)CC2CC2)C1. The van der Waals surface area contributed by atoms with Gasteiger partial charge in [0.1, 0.15) is 0 Å². The number of hydrogen-bond donors (Lipinski definition) is 3. The van der Waals surface area contributed by atoms with E-state index in [0.717, 1.165) is 19.4 Å². The number of amides is 1. The Hall–Kier alpha value is -2.68. The number of aliphatic carboxylic acids is 1. The Kier molecular flexibility index (Phi) is 5.59. The maximum atomic E-state index is 12.1. The summed E-state index contributed by atoms with van der Waals surface area (Å²) in [4.78, 5) is 35.7. The first-order valence-electron chi connectivity index (χ1n) is 9.10. The average Bonchev–Trinajstić information content (AvgIpc) is 3.40. The van der Waals surface area contributed by atoms with Crippen LogP contribution in [0.25, 0.3) is 0 Å². The lowest BCUT2D eigenvalue weighted by Crippen LogP contribution is -2.52. The minimum Gasteiger partial charge on any atom is -0.480 e. The van der Waals surface area contributed by atoms with Crippen molar-refractivity contribution in [3.8, 4) is 0 Å². The first-order valence-corrected chi connectivity index (χ1v) is 9.10. The molecule has 0 spiro atoms. The molecule has 2 saturated carbocycles. The van der Waals surface area contributed by atoms with Crippen LogP contribution in [0.1, 0.15) is 36.0 Å². The van der Waals surface area contributed by atoms with E-state index in [9.17, 15) is 19.7 Å². The molecule has 1 aromatic carbocycles. The zero-order chi connectivity index (χ0) is 19.6. The second-order valence-electron chi connectivity index (χ2n) is 7.30. The largest absolute Gasteiger partial charge is 0.480 e. The minimum atomic E-state index is -0.815. The summed E-state index contributed by atoms with van der Waals surface area (Å²) < 4.78 is 0. The van der Waals surface area contributed by atoms with Crippen LogP contribution in [0.4, 0.5) is 11.4 Å². The predicted octanol–water partition coefficient (Wildman–Crippen LogP) is 1.69. The summed E-state index contributed by atoms with van der Waals surface area (Å²) in [7, 11) is 1.48. The molecule has 2 aliphatic rings. The zero-order valence-corrected chi connectivity index (χ0v) is 15.2. The van der Waals surface area contributed by atoms with Crippen molar-refractivity contribution in [1.82, 2.24) is 10.2 Å². The van der Waals surface area contributed by atoms with E-state index in [1.54, 1.807) is 6.07 Å². The second kappa shape index (κ2) is 7.91. The van der Waals surface area contributed by atoms with Gasteiger partial charge in [-0.05, 0) is 37.7 Å². The van der Waals surface area contributed by atoms with Crippen molar-refractivity contribution in [2.75, 3.05) is 25.5 Å². The van der Waals surface area contributed by atoms with E-state index in [2.05, 4.69) is 10.6 Å². The van der Waals surface area contributed by atoms with E-state index < -0.39 is 16.8 Å². The number of rotatable bonds is 9. The Morgan fingerprint density at radius 2 is 2.04 bits per heavy atom. The molecule has 0 heterocycles. The molecular weight excluding hydrogens is 352 g/mol. The highest BCUT2D eigenvalue weighted by molar-refractivity contribution is 6.00. The monoisotopic (exact) mass is 376 g/mol. The van der Waals surface area contributed by atoms with Gasteiger partial charge in [0.2, 0.25) is 0 Å². The van der Waals surface area contributed by atoms with Gasteiger partial charge in [-0.25, -0.2) is 0 Å². The molecule has 0 unspecified atom stereocenters. The number of nitrogens with one attached hydrogen (secondary N) is 2. The van der Waals surface area contributed by atoms with Crippen LogP contribution in [0, 0.1) is 16.0 Å². The second-order valence-corrected chi connectivity index (χ2v) is 7.30. The van der Waals surface area contributed by atoms with Crippen molar-refractivity contribution in [3.05, 3.63) is 33.9 Å². The smallest absolute Gasteiger partial charge is 0.317 e. The fourth-order valence-electron chi connectivity index (χ4n) is 3.47. The van der Waals surface area contributed by atoms with Crippen LogP contribution in [0.2, 0.25) is 0 Å². The van der Waals surface area contributed by atoms with Crippen molar-refractivity contribution in [2.24, 2.45) is 5.92 Å². The molecule has 0 radical (unpaired) electrons. The number of carboxylic acid groups (broad SMARTS) is 1. The van der Waals surface area contributed by atoms with Gasteiger partial charge in [0.05, 0.1) is 17.0 Å². The Balaban J connectivity index is 1.63. The number of hydrogen-bond acceptors (Lipinski definition) is 6. The van der Waals surface area contributed by atoms with Crippen LogP contribution >= 0.6 is 0 Å². The Morgan fingerprint density at radius 1 is 1.33 bits per heavy atom. The van der Waals surface area contributed by atoms with Gasteiger partial charge in [0.15, 0.2) is 0 Å². The van der Waals surface area contributed by atoms with Gasteiger partial charge < -0.3 is 15.7 Å². The molecule has 146 valence electrons. The molecule has 3 N–H and O–H groups in total. The summed E-state index contributed by atoms with van der Waals surface area (Å²) in [6, 6.07) is 4.50. The third kappa shape index (κ3) is 4.73. The number of non-ortho nitro benzene ring substituents is 1. The van der Waals surface area contributed by atoms with Crippen molar-refractivity contribution in [1.29, 1.82) is 0 Å². The maximum Gasteiger partial charge on any atom is 0.317 e. The summed E-state index contributed by atoms with van der Waals surface area (Å²) in [5, 5.41) is 25.9. The lowest BCUT2D eigenvalue weighted by Gasteiger charge is -2.43. The summed E-state index contributed by atoms with van der Waals surface area (Å²) >= 11 is 0. The number of carbonyl (C=O) groups is 2. The van der Waals surface area contributed by atoms with Crippen LogP contribution < -0.4 is 10.6 Å². The molecule has 0 aliphatic heterocycles. The predicted molar refractivity (Wildman–Crippen MR) is 98.9 cm³/mol. The maximum absolute atomic E-state index is 12.1. The fraction of sp³-hybridized carbons (Fsp3) is 0.556. The van der Waals surface area contributed by atoms with Crippen LogP contribution in [0.3, 0.4) is 0 Å². The Bertz CT molecular complexity index is 743. The van der Waals surface area contributed by atoms with Crippen molar-refractivity contribution < 1.29 is 19.6 Å². The quantitative estimate of drug-likeness (QED) is 0.442. The lowest BCUT2D eigenvalue weighted by atomic mass is 9.84. The highest BCUT2D eigenvalue weighted by atomic mass is 16.6. The summed E-state index contributed by atoms with van der Waals surface area (Å²) in [6.45, 7) is 0.875. The summed E-state index contributed by atoms with van der Waals surface area (Å²) in [5.41, 5.74) is 0.647. The van der Waals surface area contributed by atoms with Gasteiger partial charge >= 0.3 is 5.97 Å². The number of carboxylic acids is 1. The van der Waals surface area contributed by atoms with Crippen LogP contribution in [-0.4, -0.2) is 59.0 Å². The van der Waals surface area contributed by atoms with Crippen molar-refractivity contribution >= 4 is 23.3 Å². The molecule has 9 heteroatoms. The lowest BCUT2D eigenvalue weighted by molar-refractivity contribution is -0.384. The molecule has 0 atom stereocenters. The van der Waals surface area contributed by atoms with E-state index >= 15 is 0 Å². The van der Waals surface area contributed by atoms with Crippen LogP contribution in [-0.2, 0) is 4.79 Å². The molecular formula is C18H24N4O5. The van der Waals surface area contributed by atoms with Crippen molar-refractivity contribution in [2.45, 2.75) is 37.8 Å². The number of nitro benzene ring substituents is 1.